The molecule has 0 spiro atoms. The van der Waals surface area contributed by atoms with Crippen LogP contribution < -0.4 is 5.32 Å². The Kier molecular flexibility index (Phi) is 4.85. The lowest BCUT2D eigenvalue weighted by Crippen LogP contribution is -2.34. The third kappa shape index (κ3) is 3.43. The van der Waals surface area contributed by atoms with Gasteiger partial charge in [0.25, 0.3) is 5.91 Å². The maximum atomic E-state index is 12.3. The maximum Gasteiger partial charge on any atom is 0.264 e. The van der Waals surface area contributed by atoms with Gasteiger partial charge in [-0.15, -0.1) is 0 Å². The van der Waals surface area contributed by atoms with E-state index in [4.69, 9.17) is 16.4 Å². The van der Waals surface area contributed by atoms with Crippen molar-refractivity contribution >= 4 is 23.2 Å². The predicted octanol–water partition coefficient (Wildman–Crippen LogP) is 2.67. The highest BCUT2D eigenvalue weighted by molar-refractivity contribution is 6.31. The van der Waals surface area contributed by atoms with Crippen molar-refractivity contribution in [2.24, 2.45) is 5.16 Å². The Bertz CT molecular complexity index is 785. The van der Waals surface area contributed by atoms with E-state index in [0.29, 0.717) is 18.0 Å². The van der Waals surface area contributed by atoms with Crippen molar-refractivity contribution in [1.82, 2.24) is 15.1 Å². The summed E-state index contributed by atoms with van der Waals surface area (Å²) in [7, 11) is 0. The van der Waals surface area contributed by atoms with Crippen molar-refractivity contribution in [2.45, 2.75) is 39.5 Å². The molecule has 7 heteroatoms. The minimum Gasteiger partial charge on any atom is -0.382 e. The summed E-state index contributed by atoms with van der Waals surface area (Å²) in [4.78, 5) is 17.6. The van der Waals surface area contributed by atoms with Gasteiger partial charge in [0.2, 0.25) is 6.10 Å². The standard InChI is InChI=1S/C17H19ClN4O2/c1-3-22-10-13(11(2)20-22)15-8-16(24-21-15)17(23)19-9-12-6-4-5-7-14(12)18/h4-7,10,16H,3,8-9H2,1-2H3,(H,19,23). The Morgan fingerprint density at radius 2 is 2.25 bits per heavy atom. The molecule has 0 aliphatic carbocycles. The molecule has 0 radical (unpaired) electrons. The van der Waals surface area contributed by atoms with Crippen molar-refractivity contribution in [1.29, 1.82) is 0 Å². The zero-order chi connectivity index (χ0) is 17.1. The highest BCUT2D eigenvalue weighted by Gasteiger charge is 2.30. The topological polar surface area (TPSA) is 68.5 Å². The number of carbonyl (C=O) groups is 1. The predicted molar refractivity (Wildman–Crippen MR) is 92.0 cm³/mol. The van der Waals surface area contributed by atoms with Crippen LogP contribution in [-0.4, -0.2) is 27.5 Å². The summed E-state index contributed by atoms with van der Waals surface area (Å²) in [5.41, 5.74) is 3.44. The molecule has 1 N–H and O–H groups in total. The number of hydrogen-bond donors (Lipinski definition) is 1. The van der Waals surface area contributed by atoms with Crippen molar-refractivity contribution in [2.75, 3.05) is 0 Å². The largest absolute Gasteiger partial charge is 0.382 e. The fraction of sp³-hybridized carbons (Fsp3) is 0.353. The van der Waals surface area contributed by atoms with Gasteiger partial charge in [0.1, 0.15) is 0 Å². The first-order valence-corrected chi connectivity index (χ1v) is 8.24. The highest BCUT2D eigenvalue weighted by Crippen LogP contribution is 2.20. The number of carbonyl (C=O) groups excluding carboxylic acids is 1. The Morgan fingerprint density at radius 3 is 2.96 bits per heavy atom. The second-order valence-electron chi connectivity index (χ2n) is 5.63. The Hall–Kier alpha value is -2.34. The van der Waals surface area contributed by atoms with Crippen LogP contribution in [0.5, 0.6) is 0 Å². The minimum atomic E-state index is -0.619. The van der Waals surface area contributed by atoms with Gasteiger partial charge in [-0.3, -0.25) is 9.48 Å². The van der Waals surface area contributed by atoms with Gasteiger partial charge in [-0.05, 0) is 25.5 Å². The molecule has 0 fully saturated rings. The number of aromatic nitrogens is 2. The summed E-state index contributed by atoms with van der Waals surface area (Å²) >= 11 is 6.09. The van der Waals surface area contributed by atoms with Gasteiger partial charge in [0.05, 0.1) is 11.4 Å². The minimum absolute atomic E-state index is 0.200. The number of nitrogens with zero attached hydrogens (tertiary/aromatic N) is 3. The molecule has 6 nitrogen and oxygen atoms in total. The van der Waals surface area contributed by atoms with Gasteiger partial charge < -0.3 is 10.2 Å². The number of amides is 1. The summed E-state index contributed by atoms with van der Waals surface area (Å²) in [6.07, 6.45) is 1.75. The van der Waals surface area contributed by atoms with Gasteiger partial charge in [0, 0.05) is 36.3 Å². The van der Waals surface area contributed by atoms with Crippen LogP contribution in [0.4, 0.5) is 0 Å². The van der Waals surface area contributed by atoms with Crippen molar-refractivity contribution in [3.8, 4) is 0 Å². The lowest BCUT2D eigenvalue weighted by atomic mass is 10.1. The zero-order valence-corrected chi connectivity index (χ0v) is 14.4. The van der Waals surface area contributed by atoms with Gasteiger partial charge >= 0.3 is 0 Å². The average molecular weight is 347 g/mol. The molecule has 1 amide bonds. The summed E-state index contributed by atoms with van der Waals surface area (Å²) in [5, 5.41) is 11.9. The zero-order valence-electron chi connectivity index (χ0n) is 13.6. The number of oxime groups is 1. The van der Waals surface area contributed by atoms with Crippen LogP contribution in [0.2, 0.25) is 5.02 Å². The van der Waals surface area contributed by atoms with Crippen LogP contribution in [-0.2, 0) is 22.7 Å². The van der Waals surface area contributed by atoms with Crippen molar-refractivity contribution in [3.63, 3.8) is 0 Å². The first kappa shape index (κ1) is 16.5. The molecule has 0 saturated heterocycles. The second-order valence-corrected chi connectivity index (χ2v) is 6.04. The van der Waals surface area contributed by atoms with Crippen LogP contribution in [0.1, 0.15) is 30.2 Å². The van der Waals surface area contributed by atoms with E-state index in [1.54, 1.807) is 6.07 Å². The monoisotopic (exact) mass is 346 g/mol. The molecular weight excluding hydrogens is 328 g/mol. The molecule has 1 aromatic carbocycles. The van der Waals surface area contributed by atoms with E-state index < -0.39 is 6.10 Å². The molecule has 1 unspecified atom stereocenters. The average Bonchev–Trinajstić information content (AvgIpc) is 3.20. The summed E-state index contributed by atoms with van der Waals surface area (Å²) in [6, 6.07) is 7.41. The molecule has 2 heterocycles. The van der Waals surface area contributed by atoms with Gasteiger partial charge in [-0.2, -0.15) is 5.10 Å². The van der Waals surface area contributed by atoms with Gasteiger partial charge in [-0.25, -0.2) is 0 Å². The Labute approximate surface area is 145 Å². The third-order valence-corrected chi connectivity index (χ3v) is 4.32. The fourth-order valence-electron chi connectivity index (χ4n) is 2.58. The van der Waals surface area contributed by atoms with Crippen molar-refractivity contribution in [3.05, 3.63) is 52.3 Å². The lowest BCUT2D eigenvalue weighted by molar-refractivity contribution is -0.131. The van der Waals surface area contributed by atoms with Gasteiger partial charge in [0.15, 0.2) is 0 Å². The molecule has 2 aromatic rings. The summed E-state index contributed by atoms with van der Waals surface area (Å²) in [5.74, 6) is -0.200. The lowest BCUT2D eigenvalue weighted by Gasteiger charge is -2.10. The van der Waals surface area contributed by atoms with E-state index in [9.17, 15) is 4.79 Å². The van der Waals surface area contributed by atoms with Crippen LogP contribution in [0, 0.1) is 6.92 Å². The molecule has 126 valence electrons. The number of hydrogen-bond acceptors (Lipinski definition) is 4. The number of benzene rings is 1. The molecule has 1 aromatic heterocycles. The van der Waals surface area contributed by atoms with Crippen LogP contribution in [0.3, 0.4) is 0 Å². The SMILES string of the molecule is CCn1cc(C2=NOC(C(=O)NCc3ccccc3Cl)C2)c(C)n1. The molecular formula is C17H19ClN4O2. The quantitative estimate of drug-likeness (QED) is 0.905. The van der Waals surface area contributed by atoms with E-state index in [1.807, 2.05) is 42.9 Å². The first-order valence-electron chi connectivity index (χ1n) is 7.86. The number of aryl methyl sites for hydroxylation is 2. The molecule has 1 atom stereocenters. The highest BCUT2D eigenvalue weighted by atomic mass is 35.5. The van der Waals surface area contributed by atoms with E-state index in [2.05, 4.69) is 15.6 Å². The second kappa shape index (κ2) is 7.05. The number of rotatable bonds is 5. The molecule has 1 aliphatic heterocycles. The van der Waals surface area contributed by atoms with Gasteiger partial charge in [-0.1, -0.05) is 35.0 Å². The van der Waals surface area contributed by atoms with E-state index in [0.717, 1.165) is 29.1 Å². The normalized spacial score (nSPS) is 16.6. The Balaban J connectivity index is 1.59. The fourth-order valence-corrected chi connectivity index (χ4v) is 2.78. The van der Waals surface area contributed by atoms with Crippen molar-refractivity contribution < 1.29 is 9.63 Å². The van der Waals surface area contributed by atoms with Crippen LogP contribution >= 0.6 is 11.6 Å². The first-order chi connectivity index (χ1) is 11.6. The van der Waals surface area contributed by atoms with E-state index >= 15 is 0 Å². The van der Waals surface area contributed by atoms with Crippen LogP contribution in [0.25, 0.3) is 0 Å². The van der Waals surface area contributed by atoms with E-state index in [1.165, 1.54) is 0 Å². The summed E-state index contributed by atoms with van der Waals surface area (Å²) < 4.78 is 1.85. The molecule has 0 saturated carbocycles. The maximum absolute atomic E-state index is 12.3. The smallest absolute Gasteiger partial charge is 0.264 e. The number of halogens is 1. The van der Waals surface area contributed by atoms with Crippen LogP contribution in [0.15, 0.2) is 35.6 Å². The summed E-state index contributed by atoms with van der Waals surface area (Å²) in [6.45, 7) is 5.10. The molecule has 24 heavy (non-hydrogen) atoms. The Morgan fingerprint density at radius 1 is 1.46 bits per heavy atom. The molecule has 3 rings (SSSR count). The third-order valence-electron chi connectivity index (χ3n) is 3.95. The molecule has 1 aliphatic rings. The number of nitrogens with one attached hydrogen (secondary N) is 1. The van der Waals surface area contributed by atoms with E-state index in [-0.39, 0.29) is 5.91 Å². The molecule has 0 bridgehead atoms.